The molecule has 0 spiro atoms. The number of ether oxygens (including phenoxy) is 2. The number of benzene rings is 1. The number of alkyl halides is 2. The van der Waals surface area contributed by atoms with Crippen LogP contribution in [0, 0.1) is 0 Å². The Hall–Kier alpha value is -2.32. The van der Waals surface area contributed by atoms with Gasteiger partial charge in [-0.15, -0.1) is 0 Å². The number of carbonyl (C=O) groups excluding carboxylic acids is 1. The number of fused-ring (bicyclic) bond motifs is 1. The van der Waals surface area contributed by atoms with Crippen molar-refractivity contribution < 1.29 is 28.2 Å². The van der Waals surface area contributed by atoms with Crippen LogP contribution in [0.25, 0.3) is 10.9 Å². The molecule has 0 bridgehead atoms. The van der Waals surface area contributed by atoms with Gasteiger partial charge in [-0.1, -0.05) is 0 Å². The number of aliphatic hydroxyl groups is 1. The second-order valence-corrected chi connectivity index (χ2v) is 8.03. The van der Waals surface area contributed by atoms with Crippen molar-refractivity contribution in [1.29, 1.82) is 0 Å². The largest absolute Gasteiger partial charge is 0.435 e. The molecular weight excluding hydrogens is 382 g/mol. The minimum absolute atomic E-state index is 0.0285. The lowest BCUT2D eigenvalue weighted by atomic mass is 9.92. The lowest BCUT2D eigenvalue weighted by Gasteiger charge is -2.30. The van der Waals surface area contributed by atoms with Crippen LogP contribution in [-0.4, -0.2) is 47.0 Å². The third-order valence-corrected chi connectivity index (χ3v) is 4.82. The molecule has 0 atom stereocenters. The molecule has 0 saturated heterocycles. The number of rotatable bonds is 7. The topological polar surface area (TPSA) is 80.7 Å². The maximum Gasteiger partial charge on any atom is 0.387 e. The number of nitrogens with zero attached hydrogens (tertiary/aromatic N) is 1. The van der Waals surface area contributed by atoms with Gasteiger partial charge in [0.05, 0.1) is 29.4 Å². The number of amides is 1. The van der Waals surface area contributed by atoms with E-state index >= 15 is 0 Å². The van der Waals surface area contributed by atoms with Gasteiger partial charge in [-0.25, -0.2) is 0 Å². The first-order valence-electron chi connectivity index (χ1n) is 9.69. The summed E-state index contributed by atoms with van der Waals surface area (Å²) in [5, 5.41) is 13.4. The fourth-order valence-electron chi connectivity index (χ4n) is 3.37. The number of carbonyl (C=O) groups is 1. The fourth-order valence-corrected chi connectivity index (χ4v) is 3.37. The zero-order valence-corrected chi connectivity index (χ0v) is 16.5. The molecule has 0 radical (unpaired) electrons. The minimum Gasteiger partial charge on any atom is -0.435 e. The molecule has 29 heavy (non-hydrogen) atoms. The predicted octanol–water partition coefficient (Wildman–Crippen LogP) is 3.66. The van der Waals surface area contributed by atoms with Gasteiger partial charge in [-0.05, 0) is 57.7 Å². The van der Waals surface area contributed by atoms with Gasteiger partial charge in [0.2, 0.25) is 0 Å². The van der Waals surface area contributed by atoms with Gasteiger partial charge in [0.15, 0.2) is 0 Å². The smallest absolute Gasteiger partial charge is 0.387 e. The van der Waals surface area contributed by atoms with Crippen LogP contribution in [0.1, 0.15) is 49.9 Å². The Morgan fingerprint density at radius 2 is 2.00 bits per heavy atom. The van der Waals surface area contributed by atoms with Gasteiger partial charge in [0.25, 0.3) is 5.91 Å². The van der Waals surface area contributed by atoms with Gasteiger partial charge in [-0.3, -0.25) is 9.78 Å². The first-order valence-corrected chi connectivity index (χ1v) is 9.69. The first kappa shape index (κ1) is 21.4. The highest BCUT2D eigenvalue weighted by Crippen LogP contribution is 2.24. The number of nitrogens with one attached hydrogen (secondary N) is 1. The van der Waals surface area contributed by atoms with Crippen LogP contribution < -0.4 is 10.1 Å². The van der Waals surface area contributed by atoms with Crippen molar-refractivity contribution in [3.05, 3.63) is 36.0 Å². The van der Waals surface area contributed by atoms with Crippen molar-refractivity contribution in [3.63, 3.8) is 0 Å². The Labute approximate surface area is 168 Å². The van der Waals surface area contributed by atoms with Crippen molar-refractivity contribution >= 4 is 16.8 Å². The summed E-state index contributed by atoms with van der Waals surface area (Å²) in [6.07, 6.45) is 4.78. The summed E-state index contributed by atoms with van der Waals surface area (Å²) in [5.74, 6) is -0.186. The lowest BCUT2D eigenvalue weighted by molar-refractivity contribution is -0.0640. The molecular formula is C21H26F2N2O4. The normalized spacial score (nSPS) is 20.1. The van der Waals surface area contributed by atoms with Crippen LogP contribution in [0.5, 0.6) is 5.75 Å². The van der Waals surface area contributed by atoms with E-state index in [2.05, 4.69) is 15.0 Å². The number of halogens is 2. The van der Waals surface area contributed by atoms with Crippen molar-refractivity contribution in [1.82, 2.24) is 10.3 Å². The van der Waals surface area contributed by atoms with Crippen LogP contribution >= 0.6 is 0 Å². The van der Waals surface area contributed by atoms with E-state index in [1.54, 1.807) is 26.0 Å². The van der Waals surface area contributed by atoms with Gasteiger partial charge < -0.3 is 19.9 Å². The van der Waals surface area contributed by atoms with E-state index in [1.165, 1.54) is 18.3 Å². The molecule has 1 aliphatic rings. The molecule has 8 heteroatoms. The standard InChI is InChI=1S/C21H26F2N2O4/c1-21(2,27)12-28-16-7-4-15(5-8-16)25-19(26)14-9-13-3-6-17(29-20(22)23)10-18(13)24-11-14/h3,6,9-11,15-16,20,27H,4-5,7-8,12H2,1-2H3,(H,25,26). The maximum atomic E-state index is 12.6. The van der Waals surface area contributed by atoms with Crippen LogP contribution in [-0.2, 0) is 4.74 Å². The second-order valence-electron chi connectivity index (χ2n) is 8.03. The molecule has 2 aromatic rings. The summed E-state index contributed by atoms with van der Waals surface area (Å²) < 4.78 is 34.7. The molecule has 1 aromatic heterocycles. The molecule has 1 fully saturated rings. The number of pyridine rings is 1. The summed E-state index contributed by atoms with van der Waals surface area (Å²) in [4.78, 5) is 16.8. The van der Waals surface area contributed by atoms with E-state index in [0.717, 1.165) is 25.7 Å². The summed E-state index contributed by atoms with van der Waals surface area (Å²) in [6.45, 7) is 0.821. The van der Waals surface area contributed by atoms with Crippen LogP contribution in [0.2, 0.25) is 0 Å². The Kier molecular flexibility index (Phi) is 6.64. The minimum atomic E-state index is -2.90. The lowest BCUT2D eigenvalue weighted by Crippen LogP contribution is -2.40. The molecule has 1 aromatic carbocycles. The van der Waals surface area contributed by atoms with Crippen molar-refractivity contribution in [3.8, 4) is 5.75 Å². The Morgan fingerprint density at radius 1 is 1.28 bits per heavy atom. The molecule has 1 saturated carbocycles. The van der Waals surface area contributed by atoms with Gasteiger partial charge >= 0.3 is 6.61 Å². The average molecular weight is 408 g/mol. The fraction of sp³-hybridized carbons (Fsp3) is 0.524. The second kappa shape index (κ2) is 9.00. The van der Waals surface area contributed by atoms with Crippen molar-refractivity contribution in [2.45, 2.75) is 63.9 Å². The van der Waals surface area contributed by atoms with Crippen molar-refractivity contribution in [2.24, 2.45) is 0 Å². The third kappa shape index (κ3) is 6.33. The summed E-state index contributed by atoms with van der Waals surface area (Å²) in [7, 11) is 0. The molecule has 158 valence electrons. The highest BCUT2D eigenvalue weighted by atomic mass is 19.3. The average Bonchev–Trinajstić information content (AvgIpc) is 2.66. The predicted molar refractivity (Wildman–Crippen MR) is 104 cm³/mol. The Bertz CT molecular complexity index is 846. The summed E-state index contributed by atoms with van der Waals surface area (Å²) >= 11 is 0. The van der Waals surface area contributed by atoms with E-state index in [-0.39, 0.29) is 23.8 Å². The molecule has 6 nitrogen and oxygen atoms in total. The van der Waals surface area contributed by atoms with Crippen LogP contribution in [0.3, 0.4) is 0 Å². The van der Waals surface area contributed by atoms with E-state index in [1.807, 2.05) is 0 Å². The molecule has 1 amide bonds. The zero-order chi connectivity index (χ0) is 21.0. The van der Waals surface area contributed by atoms with E-state index in [9.17, 15) is 18.7 Å². The molecule has 0 aliphatic heterocycles. The Morgan fingerprint density at radius 3 is 2.66 bits per heavy atom. The monoisotopic (exact) mass is 408 g/mol. The van der Waals surface area contributed by atoms with Gasteiger partial charge in [-0.2, -0.15) is 8.78 Å². The van der Waals surface area contributed by atoms with Crippen LogP contribution in [0.15, 0.2) is 30.5 Å². The first-order chi connectivity index (χ1) is 13.7. The molecule has 1 aliphatic carbocycles. The maximum absolute atomic E-state index is 12.6. The van der Waals surface area contributed by atoms with E-state index < -0.39 is 12.2 Å². The third-order valence-electron chi connectivity index (χ3n) is 4.82. The highest BCUT2D eigenvalue weighted by molar-refractivity contribution is 5.97. The number of hydrogen-bond donors (Lipinski definition) is 2. The highest BCUT2D eigenvalue weighted by Gasteiger charge is 2.25. The number of hydrogen-bond acceptors (Lipinski definition) is 5. The van der Waals surface area contributed by atoms with E-state index in [4.69, 9.17) is 4.74 Å². The SMILES string of the molecule is CC(C)(O)COC1CCC(NC(=O)c2cnc3cc(OC(F)F)ccc3c2)CC1. The van der Waals surface area contributed by atoms with Gasteiger partial charge in [0.1, 0.15) is 5.75 Å². The summed E-state index contributed by atoms with van der Waals surface area (Å²) in [6, 6.07) is 6.18. The van der Waals surface area contributed by atoms with Gasteiger partial charge in [0, 0.05) is 23.7 Å². The zero-order valence-electron chi connectivity index (χ0n) is 16.5. The Balaban J connectivity index is 1.55. The van der Waals surface area contributed by atoms with E-state index in [0.29, 0.717) is 23.1 Å². The molecule has 1 heterocycles. The molecule has 3 rings (SSSR count). The number of aromatic nitrogens is 1. The quantitative estimate of drug-likeness (QED) is 0.731. The summed E-state index contributed by atoms with van der Waals surface area (Å²) in [5.41, 5.74) is 0.0464. The molecule has 0 unspecified atom stereocenters. The van der Waals surface area contributed by atoms with Crippen LogP contribution in [0.4, 0.5) is 8.78 Å². The molecule has 2 N–H and O–H groups in total. The van der Waals surface area contributed by atoms with Crippen molar-refractivity contribution in [2.75, 3.05) is 6.61 Å².